The normalized spacial score (nSPS) is 10.8. The fourth-order valence-corrected chi connectivity index (χ4v) is 4.22. The number of halogens is 2. The third-order valence-electron chi connectivity index (χ3n) is 2.85. The Morgan fingerprint density at radius 2 is 1.74 bits per heavy atom. The summed E-state index contributed by atoms with van der Waals surface area (Å²) in [4.78, 5) is 12.6. The fourth-order valence-electron chi connectivity index (χ4n) is 2.01. The predicted molar refractivity (Wildman–Crippen MR) is 87.1 cm³/mol. The van der Waals surface area contributed by atoms with Crippen molar-refractivity contribution >= 4 is 59.1 Å². The minimum absolute atomic E-state index is 0.0510. The fraction of sp³-hybridized carbons (Fsp3) is 0. The van der Waals surface area contributed by atoms with Gasteiger partial charge in [-0.15, -0.1) is 11.3 Å². The maximum absolute atomic E-state index is 12.6. The topological polar surface area (TPSA) is 17.1 Å². The lowest BCUT2D eigenvalue weighted by Gasteiger charge is -2.04. The van der Waals surface area contributed by atoms with Crippen molar-refractivity contribution in [1.82, 2.24) is 0 Å². The molecule has 4 heteroatoms. The van der Waals surface area contributed by atoms with Gasteiger partial charge in [0, 0.05) is 24.8 Å². The van der Waals surface area contributed by atoms with E-state index in [-0.39, 0.29) is 5.78 Å². The monoisotopic (exact) mass is 394 g/mol. The molecule has 1 nitrogen and oxygen atoms in total. The highest BCUT2D eigenvalue weighted by atomic mass is 79.9. The molecule has 0 amide bonds. The first-order valence-corrected chi connectivity index (χ1v) is 8.09. The number of ketones is 1. The molecule has 0 aliphatic carbocycles. The predicted octanol–water partition coefficient (Wildman–Crippen LogP) is 5.66. The van der Waals surface area contributed by atoms with Crippen LogP contribution in [-0.2, 0) is 0 Å². The average Bonchev–Trinajstić information content (AvgIpc) is 2.84. The number of thiophene rings is 1. The molecule has 0 bridgehead atoms. The van der Waals surface area contributed by atoms with Crippen LogP contribution in [0.25, 0.3) is 10.1 Å². The van der Waals surface area contributed by atoms with Gasteiger partial charge in [-0.25, -0.2) is 0 Å². The van der Waals surface area contributed by atoms with Gasteiger partial charge in [0.2, 0.25) is 0 Å². The van der Waals surface area contributed by atoms with Crippen LogP contribution in [0.3, 0.4) is 0 Å². The summed E-state index contributed by atoms with van der Waals surface area (Å²) < 4.78 is 2.83. The van der Waals surface area contributed by atoms with E-state index in [9.17, 15) is 4.79 Å². The van der Waals surface area contributed by atoms with Crippen molar-refractivity contribution in [3.05, 3.63) is 67.9 Å². The second-order valence-corrected chi connectivity index (χ2v) is 6.88. The van der Waals surface area contributed by atoms with Crippen LogP contribution in [0, 0.1) is 0 Å². The largest absolute Gasteiger partial charge is 0.289 e. The Morgan fingerprint density at radius 3 is 2.47 bits per heavy atom. The van der Waals surface area contributed by atoms with Crippen LogP contribution < -0.4 is 0 Å². The smallest absolute Gasteiger partial charge is 0.194 e. The molecule has 3 aromatic rings. The first-order valence-electron chi connectivity index (χ1n) is 5.62. The summed E-state index contributed by atoms with van der Waals surface area (Å²) in [5.41, 5.74) is 1.44. The molecule has 0 spiro atoms. The lowest BCUT2D eigenvalue weighted by molar-refractivity contribution is 0.104. The van der Waals surface area contributed by atoms with Crippen LogP contribution >= 0.6 is 43.2 Å². The van der Waals surface area contributed by atoms with Crippen molar-refractivity contribution in [2.24, 2.45) is 0 Å². The Kier molecular flexibility index (Phi) is 3.56. The standard InChI is InChI=1S/C15H8Br2OS/c16-11-6-10(7-12(17)8-11)14(18)13-3-1-2-9-4-5-19-15(9)13/h1-8H. The quantitative estimate of drug-likeness (QED) is 0.512. The molecule has 0 aliphatic rings. The molecule has 19 heavy (non-hydrogen) atoms. The summed E-state index contributed by atoms with van der Waals surface area (Å²) in [6.07, 6.45) is 0. The molecule has 0 radical (unpaired) electrons. The van der Waals surface area contributed by atoms with E-state index >= 15 is 0 Å². The molecular formula is C15H8Br2OS. The zero-order chi connectivity index (χ0) is 13.4. The number of hydrogen-bond donors (Lipinski definition) is 0. The Morgan fingerprint density at radius 1 is 1.00 bits per heavy atom. The number of rotatable bonds is 2. The second kappa shape index (κ2) is 5.19. The van der Waals surface area contributed by atoms with E-state index in [0.29, 0.717) is 5.56 Å². The Bertz CT molecular complexity index is 756. The lowest BCUT2D eigenvalue weighted by Crippen LogP contribution is -2.01. The van der Waals surface area contributed by atoms with Crippen molar-refractivity contribution in [3.63, 3.8) is 0 Å². The van der Waals surface area contributed by atoms with E-state index in [1.807, 2.05) is 47.8 Å². The van der Waals surface area contributed by atoms with Crippen molar-refractivity contribution in [2.75, 3.05) is 0 Å². The summed E-state index contributed by atoms with van der Waals surface area (Å²) >= 11 is 8.43. The molecule has 0 aliphatic heterocycles. The van der Waals surface area contributed by atoms with E-state index < -0.39 is 0 Å². The van der Waals surface area contributed by atoms with Gasteiger partial charge in [-0.1, -0.05) is 44.0 Å². The van der Waals surface area contributed by atoms with E-state index in [4.69, 9.17) is 0 Å². The van der Waals surface area contributed by atoms with Crippen LogP contribution in [0.1, 0.15) is 15.9 Å². The number of fused-ring (bicyclic) bond motifs is 1. The SMILES string of the molecule is O=C(c1cc(Br)cc(Br)c1)c1cccc2ccsc12. The van der Waals surface area contributed by atoms with E-state index in [1.54, 1.807) is 11.3 Å². The third kappa shape index (κ3) is 2.53. The molecule has 94 valence electrons. The zero-order valence-corrected chi connectivity index (χ0v) is 13.7. The van der Waals surface area contributed by atoms with Gasteiger partial charge < -0.3 is 0 Å². The molecule has 1 aromatic heterocycles. The van der Waals surface area contributed by atoms with Gasteiger partial charge in [0.05, 0.1) is 0 Å². The highest BCUT2D eigenvalue weighted by Gasteiger charge is 2.14. The van der Waals surface area contributed by atoms with Crippen LogP contribution in [0.15, 0.2) is 56.8 Å². The van der Waals surface area contributed by atoms with E-state index in [0.717, 1.165) is 24.6 Å². The number of carbonyl (C=O) groups is 1. The number of carbonyl (C=O) groups excluding carboxylic acids is 1. The summed E-state index contributed by atoms with van der Waals surface area (Å²) in [6, 6.07) is 13.5. The molecular weight excluding hydrogens is 388 g/mol. The first-order chi connectivity index (χ1) is 9.15. The Balaban J connectivity index is 2.16. The Hall–Kier alpha value is -0.970. The molecule has 0 saturated carbocycles. The highest BCUT2D eigenvalue weighted by Crippen LogP contribution is 2.28. The summed E-state index contributed by atoms with van der Waals surface area (Å²) in [5.74, 6) is 0.0510. The second-order valence-electron chi connectivity index (χ2n) is 4.13. The molecule has 0 fully saturated rings. The minimum Gasteiger partial charge on any atom is -0.289 e. The summed E-state index contributed by atoms with van der Waals surface area (Å²) in [5, 5.41) is 3.13. The molecule has 0 saturated heterocycles. The third-order valence-corrected chi connectivity index (χ3v) is 4.73. The van der Waals surface area contributed by atoms with Crippen molar-refractivity contribution < 1.29 is 4.79 Å². The maximum Gasteiger partial charge on any atom is 0.194 e. The number of hydrogen-bond acceptors (Lipinski definition) is 2. The number of benzene rings is 2. The van der Waals surface area contributed by atoms with Crippen molar-refractivity contribution in [3.8, 4) is 0 Å². The Labute approximate surface area is 131 Å². The lowest BCUT2D eigenvalue weighted by atomic mass is 10.0. The van der Waals surface area contributed by atoms with Gasteiger partial charge in [0.1, 0.15) is 0 Å². The first kappa shape index (κ1) is 13.0. The highest BCUT2D eigenvalue weighted by molar-refractivity contribution is 9.11. The molecule has 2 aromatic carbocycles. The molecule has 3 rings (SSSR count). The van der Waals surface area contributed by atoms with Gasteiger partial charge in [-0.2, -0.15) is 0 Å². The van der Waals surface area contributed by atoms with Crippen LogP contribution in [-0.4, -0.2) is 5.78 Å². The van der Waals surface area contributed by atoms with Gasteiger partial charge in [0.15, 0.2) is 5.78 Å². The van der Waals surface area contributed by atoms with E-state index in [1.165, 1.54) is 0 Å². The van der Waals surface area contributed by atoms with Gasteiger partial charge in [-0.05, 0) is 41.1 Å². The summed E-state index contributed by atoms with van der Waals surface area (Å²) in [7, 11) is 0. The van der Waals surface area contributed by atoms with Crippen LogP contribution in [0.2, 0.25) is 0 Å². The maximum atomic E-state index is 12.6. The molecule has 1 heterocycles. The minimum atomic E-state index is 0.0510. The van der Waals surface area contributed by atoms with Crippen molar-refractivity contribution in [1.29, 1.82) is 0 Å². The van der Waals surface area contributed by atoms with Crippen molar-refractivity contribution in [2.45, 2.75) is 0 Å². The van der Waals surface area contributed by atoms with Crippen LogP contribution in [0.5, 0.6) is 0 Å². The summed E-state index contributed by atoms with van der Waals surface area (Å²) in [6.45, 7) is 0. The molecule has 0 unspecified atom stereocenters. The zero-order valence-electron chi connectivity index (χ0n) is 9.69. The van der Waals surface area contributed by atoms with Gasteiger partial charge >= 0.3 is 0 Å². The van der Waals surface area contributed by atoms with Crippen LogP contribution in [0.4, 0.5) is 0 Å². The average molecular weight is 396 g/mol. The molecule has 0 atom stereocenters. The molecule has 0 N–H and O–H groups in total. The van der Waals surface area contributed by atoms with Gasteiger partial charge in [-0.3, -0.25) is 4.79 Å². The van der Waals surface area contributed by atoms with Gasteiger partial charge in [0.25, 0.3) is 0 Å². The van der Waals surface area contributed by atoms with E-state index in [2.05, 4.69) is 31.9 Å².